The zero-order chi connectivity index (χ0) is 34.1. The minimum Gasteiger partial charge on any atom is -0.481 e. The Labute approximate surface area is 272 Å². The van der Waals surface area contributed by atoms with Crippen molar-refractivity contribution in [2.75, 3.05) is 44.2 Å². The summed E-state index contributed by atoms with van der Waals surface area (Å²) in [5.41, 5.74) is 1.65. The first-order valence-corrected chi connectivity index (χ1v) is 18.3. The van der Waals surface area contributed by atoms with Crippen molar-refractivity contribution in [1.29, 1.82) is 0 Å². The van der Waals surface area contributed by atoms with E-state index in [1.165, 1.54) is 0 Å². The van der Waals surface area contributed by atoms with Gasteiger partial charge in [-0.3, -0.25) is 9.59 Å². The van der Waals surface area contributed by atoms with Crippen LogP contribution in [-0.4, -0.2) is 76.8 Å². The van der Waals surface area contributed by atoms with Crippen molar-refractivity contribution in [2.24, 2.45) is 5.41 Å². The normalized spacial score (nSPS) is 12.8. The molecule has 11 heteroatoms. The average Bonchev–Trinajstić information content (AvgIpc) is 3.36. The molecule has 3 aromatic rings. The van der Waals surface area contributed by atoms with Gasteiger partial charge in [0.15, 0.2) is 0 Å². The summed E-state index contributed by atoms with van der Waals surface area (Å²) in [4.78, 5) is 39.1. The molecule has 2 amide bonds. The molecule has 8 nitrogen and oxygen atoms in total. The van der Waals surface area contributed by atoms with Crippen LogP contribution in [-0.2, 0) is 20.9 Å². The molecule has 0 aliphatic heterocycles. The van der Waals surface area contributed by atoms with Gasteiger partial charge in [0.1, 0.15) is 18.2 Å². The number of hydrogen-bond acceptors (Lipinski definition) is 4. The number of alkyl carbamates (subject to hydrolysis) is 1. The number of rotatable bonds is 15. The van der Waals surface area contributed by atoms with Crippen LogP contribution in [0.1, 0.15) is 57.3 Å². The topological polar surface area (TPSA) is 101 Å². The van der Waals surface area contributed by atoms with Crippen molar-refractivity contribution in [3.8, 4) is 11.1 Å². The number of carbonyl (C=O) groups excluding carboxylic acids is 2. The Kier molecular flexibility index (Phi) is 12.8. The highest BCUT2D eigenvalue weighted by Crippen LogP contribution is 2.41. The lowest BCUT2D eigenvalue weighted by Gasteiger charge is -2.41. The Hall–Kier alpha value is -3.86. The third kappa shape index (κ3) is 11.2. The summed E-state index contributed by atoms with van der Waals surface area (Å²) in [5, 5.41) is 12.1. The highest BCUT2D eigenvalue weighted by Gasteiger charge is 2.37. The molecule has 2 N–H and O–H groups in total. The predicted octanol–water partition coefficient (Wildman–Crippen LogP) is 7.07. The molecule has 252 valence electrons. The van der Waals surface area contributed by atoms with Gasteiger partial charge >= 0.3 is 12.1 Å². The summed E-state index contributed by atoms with van der Waals surface area (Å²) in [6.07, 6.45) is 7.50. The van der Waals surface area contributed by atoms with E-state index >= 15 is 0 Å². The van der Waals surface area contributed by atoms with Crippen molar-refractivity contribution < 1.29 is 33.0 Å². The van der Waals surface area contributed by atoms with Crippen molar-refractivity contribution in [3.63, 3.8) is 0 Å². The second kappa shape index (κ2) is 16.1. The summed E-state index contributed by atoms with van der Waals surface area (Å²) in [7, 11) is -0.804. The van der Waals surface area contributed by atoms with Crippen molar-refractivity contribution >= 4 is 28.0 Å². The van der Waals surface area contributed by atoms with Gasteiger partial charge in [-0.15, -0.1) is 0 Å². The third-order valence-corrected chi connectivity index (χ3v) is 8.82. The Morgan fingerprint density at radius 1 is 1.02 bits per heavy atom. The number of ether oxygens (including phenoxy) is 1. The molecule has 0 saturated heterocycles. The first kappa shape index (κ1) is 36.6. The number of benzene rings is 2. The van der Waals surface area contributed by atoms with Crippen LogP contribution in [0.2, 0.25) is 0 Å². The molecule has 0 saturated carbocycles. The Morgan fingerprint density at radius 2 is 1.72 bits per heavy atom. The van der Waals surface area contributed by atoms with Gasteiger partial charge < -0.3 is 24.6 Å². The zero-order valence-corrected chi connectivity index (χ0v) is 28.5. The van der Waals surface area contributed by atoms with E-state index in [0.717, 1.165) is 29.5 Å². The number of carboxylic acids is 1. The van der Waals surface area contributed by atoms with Crippen molar-refractivity contribution in [2.45, 2.75) is 52.6 Å². The number of halogens is 2. The number of aromatic nitrogens is 1. The second-order valence-electron chi connectivity index (χ2n) is 13.4. The maximum absolute atomic E-state index is 15.0. The molecule has 0 spiro atoms. The Balaban J connectivity index is 1.98. The van der Waals surface area contributed by atoms with E-state index in [1.54, 1.807) is 17.2 Å². The second-order valence-corrected chi connectivity index (χ2v) is 17.9. The summed E-state index contributed by atoms with van der Waals surface area (Å²) in [5.74, 6) is -1.79. The number of nitrogens with one attached hydrogen (secondary N) is 1. The quantitative estimate of drug-likeness (QED) is 0.170. The van der Waals surface area contributed by atoms with Crippen LogP contribution in [0.15, 0.2) is 60.8 Å². The van der Waals surface area contributed by atoms with Crippen LogP contribution in [0.25, 0.3) is 11.1 Å². The molecule has 46 heavy (non-hydrogen) atoms. The van der Waals surface area contributed by atoms with Gasteiger partial charge in [-0.25, -0.2) is 23.6 Å². The fraction of sp³-hybridized carbons (Fsp3) is 0.457. The highest BCUT2D eigenvalue weighted by molar-refractivity contribution is 8.32. The molecule has 1 aromatic heterocycles. The summed E-state index contributed by atoms with van der Waals surface area (Å²) in [6.45, 7) is 7.11. The van der Waals surface area contributed by atoms with Crippen LogP contribution < -0.4 is 5.32 Å². The number of hydrogen-bond donors (Lipinski definition) is 2. The van der Waals surface area contributed by atoms with E-state index in [9.17, 15) is 28.3 Å². The van der Waals surface area contributed by atoms with Gasteiger partial charge in [-0.1, -0.05) is 51.1 Å². The molecule has 0 unspecified atom stereocenters. The first-order valence-electron chi connectivity index (χ1n) is 15.3. The van der Waals surface area contributed by atoms with E-state index in [1.807, 2.05) is 55.7 Å². The molecule has 0 fully saturated rings. The SMILES string of the molecule is CC(C)(C)[C@H](c1cc(-c2cc(F)ccc2F)cn1Cc1ccccc1)N(CCCNC(=O)OCCS(C)(C)C)C(=O)CCC(=O)O. The smallest absolute Gasteiger partial charge is 0.407 e. The molecule has 2 aromatic carbocycles. The summed E-state index contributed by atoms with van der Waals surface area (Å²) < 4.78 is 36.5. The number of amides is 2. The number of carbonyl (C=O) groups is 3. The third-order valence-electron chi connectivity index (χ3n) is 7.42. The van der Waals surface area contributed by atoms with Gasteiger partial charge in [0.05, 0.1) is 12.5 Å². The van der Waals surface area contributed by atoms with Crippen LogP contribution >= 0.6 is 10.0 Å². The van der Waals surface area contributed by atoms with Gasteiger partial charge in [-0.2, -0.15) is 0 Å². The zero-order valence-electron chi connectivity index (χ0n) is 27.6. The van der Waals surface area contributed by atoms with Gasteiger partial charge in [-0.05, 0) is 60.4 Å². The highest BCUT2D eigenvalue weighted by atomic mass is 32.3. The minimum atomic E-state index is -1.08. The molecular formula is C35H47F2N3O5S. The number of nitrogens with zero attached hydrogens (tertiary/aromatic N) is 2. The van der Waals surface area contributed by atoms with Crippen LogP contribution in [0.3, 0.4) is 0 Å². The molecule has 1 atom stereocenters. The molecular weight excluding hydrogens is 612 g/mol. The van der Waals surface area contributed by atoms with E-state index < -0.39 is 45.2 Å². The first-order chi connectivity index (χ1) is 21.5. The van der Waals surface area contributed by atoms with E-state index in [2.05, 4.69) is 24.1 Å². The largest absolute Gasteiger partial charge is 0.481 e. The maximum Gasteiger partial charge on any atom is 0.407 e. The standard InChI is InChI=1S/C35H47F2N3O5S/c1-35(2,3)33(40(31(41)15-16-32(42)43)18-10-17-38-34(44)45-19-20-46(4,5)6)30-21-26(28-22-27(36)13-14-29(28)37)24-39(30)23-25-11-8-7-9-12-25/h7-9,11-14,21-22,24,33H,10,15-20,23H2,1-6H3,(H,38,44)(H,42,43)/t33-/m0/s1. The minimum absolute atomic E-state index is 0.0975. The fourth-order valence-electron chi connectivity index (χ4n) is 5.24. The van der Waals surface area contributed by atoms with Crippen molar-refractivity contribution in [3.05, 3.63) is 83.7 Å². The molecule has 0 bridgehead atoms. The molecule has 3 rings (SSSR count). The Morgan fingerprint density at radius 3 is 2.35 bits per heavy atom. The molecule has 1 heterocycles. The lowest BCUT2D eigenvalue weighted by molar-refractivity contribution is -0.143. The molecule has 0 radical (unpaired) electrons. The lowest BCUT2D eigenvalue weighted by Crippen LogP contribution is -2.43. The van der Waals surface area contributed by atoms with Crippen LogP contribution in [0.5, 0.6) is 0 Å². The molecule has 0 aliphatic rings. The van der Waals surface area contributed by atoms with E-state index in [4.69, 9.17) is 4.74 Å². The lowest BCUT2D eigenvalue weighted by atomic mass is 9.82. The van der Waals surface area contributed by atoms with Crippen LogP contribution in [0.4, 0.5) is 13.6 Å². The van der Waals surface area contributed by atoms with Crippen molar-refractivity contribution in [1.82, 2.24) is 14.8 Å². The van der Waals surface area contributed by atoms with E-state index in [-0.39, 0.29) is 37.4 Å². The van der Waals surface area contributed by atoms with Gasteiger partial charge in [0.25, 0.3) is 0 Å². The summed E-state index contributed by atoms with van der Waals surface area (Å²) in [6, 6.07) is 14.2. The average molecular weight is 660 g/mol. The Bertz CT molecular complexity index is 1480. The summed E-state index contributed by atoms with van der Waals surface area (Å²) >= 11 is 0. The number of carboxylic acid groups (broad SMARTS) is 1. The number of aliphatic carboxylic acids is 1. The molecule has 0 aliphatic carbocycles. The monoisotopic (exact) mass is 659 g/mol. The predicted molar refractivity (Wildman–Crippen MR) is 180 cm³/mol. The van der Waals surface area contributed by atoms with Gasteiger partial charge in [0.2, 0.25) is 5.91 Å². The van der Waals surface area contributed by atoms with Gasteiger partial charge in [0, 0.05) is 54.8 Å². The van der Waals surface area contributed by atoms with E-state index in [0.29, 0.717) is 30.8 Å². The maximum atomic E-state index is 15.0. The fourth-order valence-corrected chi connectivity index (χ4v) is 5.83. The van der Waals surface area contributed by atoms with Crippen LogP contribution in [0, 0.1) is 17.0 Å².